The van der Waals surface area contributed by atoms with Crippen LogP contribution in [0.5, 0.6) is 5.75 Å². The van der Waals surface area contributed by atoms with Gasteiger partial charge in [0.15, 0.2) is 17.5 Å². The van der Waals surface area contributed by atoms with Crippen molar-refractivity contribution in [3.63, 3.8) is 0 Å². The van der Waals surface area contributed by atoms with E-state index in [1.807, 2.05) is 6.26 Å². The number of benzene rings is 1. The Kier molecular flexibility index (Phi) is 8.24. The third-order valence-corrected chi connectivity index (χ3v) is 4.51. The molecule has 1 heterocycles. The number of rotatable bonds is 11. The van der Waals surface area contributed by atoms with E-state index in [0.29, 0.717) is 25.3 Å². The molecule has 2 rings (SSSR count). The van der Waals surface area contributed by atoms with Crippen molar-refractivity contribution in [3.8, 4) is 5.75 Å². The summed E-state index contributed by atoms with van der Waals surface area (Å²) in [7, 11) is 0. The van der Waals surface area contributed by atoms with E-state index >= 15 is 0 Å². The number of nitro groups is 1. The number of para-hydroxylation sites is 2. The molecule has 0 bridgehead atoms. The zero-order chi connectivity index (χ0) is 20.5. The molecule has 0 spiro atoms. The van der Waals surface area contributed by atoms with Crippen molar-refractivity contribution in [2.45, 2.75) is 38.4 Å². The number of thioether (sulfide) groups is 1. The van der Waals surface area contributed by atoms with Crippen molar-refractivity contribution in [2.24, 2.45) is 5.92 Å². The molecular formula is C18H25N5O4S. The molecule has 1 N–H and O–H groups in total. The summed E-state index contributed by atoms with van der Waals surface area (Å²) in [6, 6.07) is 5.97. The molecule has 0 atom stereocenters. The number of carbonyl (C=O) groups is 1. The Hall–Kier alpha value is -2.62. The number of hydrogen-bond donors (Lipinski definition) is 1. The number of aryl methyl sites for hydroxylation is 1. The number of nitrogens with zero attached hydrogens (tertiary/aromatic N) is 4. The summed E-state index contributed by atoms with van der Waals surface area (Å²) in [5.41, 5.74) is -0.163. The Bertz CT molecular complexity index is 809. The van der Waals surface area contributed by atoms with Crippen LogP contribution in [0.1, 0.15) is 26.1 Å². The molecule has 0 aliphatic rings. The third-order valence-electron chi connectivity index (χ3n) is 3.84. The van der Waals surface area contributed by atoms with E-state index in [0.717, 1.165) is 17.5 Å². The highest BCUT2D eigenvalue weighted by Gasteiger charge is 2.15. The van der Waals surface area contributed by atoms with Gasteiger partial charge in [0, 0.05) is 25.6 Å². The zero-order valence-electron chi connectivity index (χ0n) is 16.3. The molecule has 0 saturated heterocycles. The fourth-order valence-corrected chi connectivity index (χ4v) is 3.12. The number of nitrogens with one attached hydrogen (secondary N) is 1. The molecule has 1 amide bonds. The van der Waals surface area contributed by atoms with Crippen LogP contribution < -0.4 is 10.1 Å². The minimum Gasteiger partial charge on any atom is -0.477 e. The fourth-order valence-electron chi connectivity index (χ4n) is 2.60. The Morgan fingerprint density at radius 2 is 2.11 bits per heavy atom. The molecule has 152 valence electrons. The third kappa shape index (κ3) is 6.22. The van der Waals surface area contributed by atoms with Gasteiger partial charge in [-0.2, -0.15) is 0 Å². The minimum atomic E-state index is -0.538. The van der Waals surface area contributed by atoms with Gasteiger partial charge in [0.05, 0.1) is 4.92 Å². The quantitative estimate of drug-likeness (QED) is 0.264. The predicted octanol–water partition coefficient (Wildman–Crippen LogP) is 2.69. The summed E-state index contributed by atoms with van der Waals surface area (Å²) in [5, 5.41) is 23.0. The Balaban J connectivity index is 1.78. The second-order valence-electron chi connectivity index (χ2n) is 6.57. The Labute approximate surface area is 168 Å². The van der Waals surface area contributed by atoms with Crippen LogP contribution in [0.2, 0.25) is 0 Å². The van der Waals surface area contributed by atoms with Crippen molar-refractivity contribution >= 4 is 23.4 Å². The van der Waals surface area contributed by atoms with E-state index in [-0.39, 0.29) is 24.0 Å². The van der Waals surface area contributed by atoms with E-state index in [9.17, 15) is 14.9 Å². The summed E-state index contributed by atoms with van der Waals surface area (Å²) in [6.45, 7) is 5.33. The molecule has 28 heavy (non-hydrogen) atoms. The normalized spacial score (nSPS) is 10.9. The highest BCUT2D eigenvalue weighted by atomic mass is 32.2. The lowest BCUT2D eigenvalue weighted by Crippen LogP contribution is -2.30. The van der Waals surface area contributed by atoms with Gasteiger partial charge in [-0.1, -0.05) is 37.7 Å². The molecule has 0 aliphatic heterocycles. The first kappa shape index (κ1) is 21.7. The first-order chi connectivity index (χ1) is 13.4. The summed E-state index contributed by atoms with van der Waals surface area (Å²) in [4.78, 5) is 22.3. The highest BCUT2D eigenvalue weighted by Crippen LogP contribution is 2.25. The van der Waals surface area contributed by atoms with Gasteiger partial charge in [0.25, 0.3) is 5.91 Å². The molecule has 1 aromatic heterocycles. The molecular weight excluding hydrogens is 382 g/mol. The maximum Gasteiger partial charge on any atom is 0.310 e. The summed E-state index contributed by atoms with van der Waals surface area (Å²) < 4.78 is 7.39. The van der Waals surface area contributed by atoms with E-state index in [4.69, 9.17) is 4.74 Å². The van der Waals surface area contributed by atoms with Gasteiger partial charge in [0.1, 0.15) is 5.82 Å². The van der Waals surface area contributed by atoms with Crippen LogP contribution in [-0.4, -0.2) is 45.0 Å². The predicted molar refractivity (Wildman–Crippen MR) is 107 cm³/mol. The van der Waals surface area contributed by atoms with Crippen LogP contribution in [0.25, 0.3) is 0 Å². The van der Waals surface area contributed by atoms with Crippen molar-refractivity contribution in [3.05, 3.63) is 40.2 Å². The van der Waals surface area contributed by atoms with Crippen molar-refractivity contribution in [2.75, 3.05) is 19.4 Å². The van der Waals surface area contributed by atoms with Crippen molar-refractivity contribution in [1.82, 2.24) is 20.1 Å². The average molecular weight is 407 g/mol. The largest absolute Gasteiger partial charge is 0.477 e. The summed E-state index contributed by atoms with van der Waals surface area (Å²) in [5.74, 6) is 1.14. The second-order valence-corrected chi connectivity index (χ2v) is 7.35. The van der Waals surface area contributed by atoms with Gasteiger partial charge >= 0.3 is 5.69 Å². The van der Waals surface area contributed by atoms with Gasteiger partial charge in [-0.05, 0) is 24.7 Å². The zero-order valence-corrected chi connectivity index (χ0v) is 17.1. The number of nitro benzene ring substituents is 1. The number of ether oxygens (including phenoxy) is 1. The standard InChI is InChI=1S/C18H25N5O4S/c1-13(2)11-22-16(20-21-18(22)28-3)9-6-10-19-17(24)12-27-15-8-5-4-7-14(15)23(25)26/h4-5,7-8,13H,6,9-12H2,1-3H3,(H,19,24). The summed E-state index contributed by atoms with van der Waals surface area (Å²) in [6.07, 6.45) is 3.38. The van der Waals surface area contributed by atoms with Gasteiger partial charge in [0.2, 0.25) is 0 Å². The lowest BCUT2D eigenvalue weighted by atomic mass is 10.2. The van der Waals surface area contributed by atoms with Crippen molar-refractivity contribution in [1.29, 1.82) is 0 Å². The molecule has 0 unspecified atom stereocenters. The lowest BCUT2D eigenvalue weighted by Gasteiger charge is -2.12. The first-order valence-corrected chi connectivity index (χ1v) is 10.2. The van der Waals surface area contributed by atoms with E-state index in [1.54, 1.807) is 23.9 Å². The molecule has 0 radical (unpaired) electrons. The SMILES string of the molecule is CSc1nnc(CCCNC(=O)COc2ccccc2[N+](=O)[O-])n1CC(C)C. The molecule has 1 aromatic carbocycles. The molecule has 0 fully saturated rings. The lowest BCUT2D eigenvalue weighted by molar-refractivity contribution is -0.385. The molecule has 0 saturated carbocycles. The number of aromatic nitrogens is 3. The smallest absolute Gasteiger partial charge is 0.310 e. The Morgan fingerprint density at radius 1 is 1.36 bits per heavy atom. The van der Waals surface area contributed by atoms with Crippen LogP contribution in [0, 0.1) is 16.0 Å². The van der Waals surface area contributed by atoms with E-state index in [1.165, 1.54) is 12.1 Å². The minimum absolute atomic E-state index is 0.0778. The highest BCUT2D eigenvalue weighted by molar-refractivity contribution is 7.98. The summed E-state index contributed by atoms with van der Waals surface area (Å²) >= 11 is 1.57. The van der Waals surface area contributed by atoms with E-state index < -0.39 is 4.92 Å². The van der Waals surface area contributed by atoms with Gasteiger partial charge in [-0.15, -0.1) is 10.2 Å². The maximum atomic E-state index is 11.9. The maximum absolute atomic E-state index is 11.9. The fraction of sp³-hybridized carbons (Fsp3) is 0.500. The molecule has 10 heteroatoms. The van der Waals surface area contributed by atoms with Crippen LogP contribution >= 0.6 is 11.8 Å². The van der Waals surface area contributed by atoms with Gasteiger partial charge in [-0.3, -0.25) is 14.9 Å². The van der Waals surface area contributed by atoms with Crippen LogP contribution in [0.3, 0.4) is 0 Å². The molecule has 2 aromatic rings. The van der Waals surface area contributed by atoms with E-state index in [2.05, 4.69) is 33.9 Å². The number of carbonyl (C=O) groups excluding carboxylic acids is 1. The number of hydrogen-bond acceptors (Lipinski definition) is 7. The van der Waals surface area contributed by atoms with Crippen LogP contribution in [0.4, 0.5) is 5.69 Å². The topological polar surface area (TPSA) is 112 Å². The van der Waals surface area contributed by atoms with Gasteiger partial charge in [-0.25, -0.2) is 0 Å². The number of amides is 1. The van der Waals surface area contributed by atoms with Gasteiger partial charge < -0.3 is 14.6 Å². The average Bonchev–Trinajstić information content (AvgIpc) is 3.04. The monoisotopic (exact) mass is 407 g/mol. The Morgan fingerprint density at radius 3 is 2.79 bits per heavy atom. The second kappa shape index (κ2) is 10.6. The first-order valence-electron chi connectivity index (χ1n) is 9.01. The van der Waals surface area contributed by atoms with Crippen molar-refractivity contribution < 1.29 is 14.5 Å². The molecule has 9 nitrogen and oxygen atoms in total. The molecule has 0 aliphatic carbocycles. The van der Waals surface area contributed by atoms with Crippen LogP contribution in [-0.2, 0) is 17.8 Å². The van der Waals surface area contributed by atoms with Crippen LogP contribution in [0.15, 0.2) is 29.4 Å².